The molecule has 0 bridgehead atoms. The number of benzene rings is 1. The highest BCUT2D eigenvalue weighted by molar-refractivity contribution is 5.73. The highest BCUT2D eigenvalue weighted by Crippen LogP contribution is 2.36. The maximum Gasteiger partial charge on any atom is 0.161 e. The molecule has 0 amide bonds. The van der Waals surface area contributed by atoms with Gasteiger partial charge in [-0.2, -0.15) is 0 Å². The van der Waals surface area contributed by atoms with Crippen molar-refractivity contribution in [2.75, 3.05) is 20.8 Å². The second-order valence-corrected chi connectivity index (χ2v) is 4.84. The van der Waals surface area contributed by atoms with Gasteiger partial charge in [-0.25, -0.2) is 0 Å². The van der Waals surface area contributed by atoms with Crippen LogP contribution in [0.5, 0.6) is 11.5 Å². The van der Waals surface area contributed by atoms with Gasteiger partial charge in [-0.1, -0.05) is 6.92 Å². The number of nitrogens with zero attached hydrogens (tertiary/aromatic N) is 1. The molecule has 1 N–H and O–H groups in total. The fourth-order valence-corrected chi connectivity index (χ4v) is 2.32. The molecule has 0 aliphatic rings. The lowest BCUT2D eigenvalue weighted by Gasteiger charge is -2.16. The van der Waals surface area contributed by atoms with Crippen molar-refractivity contribution in [3.63, 3.8) is 0 Å². The fourth-order valence-electron chi connectivity index (χ4n) is 2.32. The number of rotatable bonds is 6. The average Bonchev–Trinajstić information content (AvgIpc) is 2.52. The van der Waals surface area contributed by atoms with Crippen LogP contribution in [0.3, 0.4) is 0 Å². The Balaban J connectivity index is 2.58. The molecule has 0 aliphatic carbocycles. The highest BCUT2D eigenvalue weighted by Gasteiger charge is 2.14. The minimum absolute atomic E-state index is 0.732. The van der Waals surface area contributed by atoms with E-state index in [0.29, 0.717) is 0 Å². The summed E-state index contributed by atoms with van der Waals surface area (Å²) in [5.41, 5.74) is 4.60. The van der Waals surface area contributed by atoms with Crippen LogP contribution in [0.2, 0.25) is 0 Å². The smallest absolute Gasteiger partial charge is 0.161 e. The molecule has 0 aliphatic heterocycles. The van der Waals surface area contributed by atoms with Crippen molar-refractivity contribution in [3.8, 4) is 22.6 Å². The van der Waals surface area contributed by atoms with Crippen LogP contribution >= 0.6 is 0 Å². The van der Waals surface area contributed by atoms with Crippen molar-refractivity contribution < 1.29 is 9.47 Å². The first-order chi connectivity index (χ1) is 10.2. The van der Waals surface area contributed by atoms with E-state index >= 15 is 0 Å². The fraction of sp³-hybridized carbons (Fsp3) is 0.353. The molecule has 0 atom stereocenters. The third-order valence-electron chi connectivity index (χ3n) is 3.50. The van der Waals surface area contributed by atoms with Crippen LogP contribution < -0.4 is 14.8 Å². The Morgan fingerprint density at radius 2 is 1.81 bits per heavy atom. The monoisotopic (exact) mass is 286 g/mol. The summed E-state index contributed by atoms with van der Waals surface area (Å²) in [5.74, 6) is 1.48. The third kappa shape index (κ3) is 3.34. The van der Waals surface area contributed by atoms with Crippen molar-refractivity contribution in [2.24, 2.45) is 0 Å². The van der Waals surface area contributed by atoms with E-state index in [-0.39, 0.29) is 0 Å². The van der Waals surface area contributed by atoms with Gasteiger partial charge in [0.2, 0.25) is 0 Å². The zero-order valence-corrected chi connectivity index (χ0v) is 13.1. The van der Waals surface area contributed by atoms with Gasteiger partial charge in [0.15, 0.2) is 11.5 Å². The summed E-state index contributed by atoms with van der Waals surface area (Å²) >= 11 is 0. The summed E-state index contributed by atoms with van der Waals surface area (Å²) in [6, 6.07) is 6.07. The van der Waals surface area contributed by atoms with Crippen LogP contribution in [-0.2, 0) is 6.54 Å². The Morgan fingerprint density at radius 1 is 1.10 bits per heavy atom. The minimum atomic E-state index is 0.732. The molecule has 0 saturated carbocycles. The van der Waals surface area contributed by atoms with Crippen LogP contribution in [0.4, 0.5) is 0 Å². The van der Waals surface area contributed by atoms with Gasteiger partial charge in [0.25, 0.3) is 0 Å². The number of hydrogen-bond donors (Lipinski definition) is 1. The predicted octanol–water partition coefficient (Wildman–Crippen LogP) is 3.18. The molecule has 4 nitrogen and oxygen atoms in total. The molecule has 1 aromatic carbocycles. The topological polar surface area (TPSA) is 43.4 Å². The van der Waals surface area contributed by atoms with E-state index in [1.54, 1.807) is 14.2 Å². The molecular formula is C17H22N2O2. The van der Waals surface area contributed by atoms with Gasteiger partial charge < -0.3 is 14.8 Å². The van der Waals surface area contributed by atoms with Gasteiger partial charge in [-0.3, -0.25) is 4.98 Å². The molecule has 1 heterocycles. The van der Waals surface area contributed by atoms with Crippen LogP contribution in [0.15, 0.2) is 30.6 Å². The second kappa shape index (κ2) is 7.09. The summed E-state index contributed by atoms with van der Waals surface area (Å²) < 4.78 is 10.8. The number of pyridine rings is 1. The molecule has 1 aromatic heterocycles. The number of hydrogen-bond acceptors (Lipinski definition) is 4. The largest absolute Gasteiger partial charge is 0.493 e. The number of aryl methyl sites for hydroxylation is 1. The van der Waals surface area contributed by atoms with Crippen molar-refractivity contribution in [2.45, 2.75) is 20.4 Å². The Labute approximate surface area is 126 Å². The van der Waals surface area contributed by atoms with Crippen LogP contribution in [0.1, 0.15) is 18.1 Å². The van der Waals surface area contributed by atoms with E-state index in [9.17, 15) is 0 Å². The maximum absolute atomic E-state index is 5.43. The molecule has 112 valence electrons. The summed E-state index contributed by atoms with van der Waals surface area (Å²) in [6.45, 7) is 5.88. The first kappa shape index (κ1) is 15.3. The van der Waals surface area contributed by atoms with Gasteiger partial charge in [0, 0.05) is 24.5 Å². The summed E-state index contributed by atoms with van der Waals surface area (Å²) in [7, 11) is 3.31. The number of nitrogens with one attached hydrogen (secondary N) is 1. The van der Waals surface area contributed by atoms with Crippen molar-refractivity contribution in [1.82, 2.24) is 10.3 Å². The zero-order chi connectivity index (χ0) is 15.2. The van der Waals surface area contributed by atoms with Crippen molar-refractivity contribution in [1.29, 1.82) is 0 Å². The molecule has 0 spiro atoms. The Kier molecular flexibility index (Phi) is 5.17. The van der Waals surface area contributed by atoms with Gasteiger partial charge >= 0.3 is 0 Å². The van der Waals surface area contributed by atoms with Crippen molar-refractivity contribution >= 4 is 0 Å². The molecular weight excluding hydrogens is 264 g/mol. The summed E-state index contributed by atoms with van der Waals surface area (Å²) in [5, 5.41) is 3.37. The van der Waals surface area contributed by atoms with Crippen LogP contribution in [-0.4, -0.2) is 25.7 Å². The van der Waals surface area contributed by atoms with E-state index in [2.05, 4.69) is 24.1 Å². The van der Waals surface area contributed by atoms with E-state index in [0.717, 1.165) is 35.7 Å². The Morgan fingerprint density at radius 3 is 2.43 bits per heavy atom. The minimum Gasteiger partial charge on any atom is -0.493 e. The standard InChI is InChI=1S/C17H22N2O2/c1-5-18-10-13-8-16(20-3)17(21-4)9-14(13)15-11-19-7-6-12(15)2/h6-9,11,18H,5,10H2,1-4H3. The van der Waals surface area contributed by atoms with Gasteiger partial charge in [0.05, 0.1) is 14.2 Å². The average molecular weight is 286 g/mol. The van der Waals surface area contributed by atoms with Crippen molar-refractivity contribution in [3.05, 3.63) is 41.7 Å². The Bertz CT molecular complexity index is 612. The van der Waals surface area contributed by atoms with E-state index in [1.807, 2.05) is 30.6 Å². The second-order valence-electron chi connectivity index (χ2n) is 4.84. The highest BCUT2D eigenvalue weighted by atomic mass is 16.5. The molecule has 2 aromatic rings. The maximum atomic E-state index is 5.43. The quantitative estimate of drug-likeness (QED) is 0.885. The number of methoxy groups -OCH3 is 2. The third-order valence-corrected chi connectivity index (χ3v) is 3.50. The van der Waals surface area contributed by atoms with E-state index in [4.69, 9.17) is 9.47 Å². The number of aromatic nitrogens is 1. The molecule has 0 radical (unpaired) electrons. The van der Waals surface area contributed by atoms with Crippen LogP contribution in [0.25, 0.3) is 11.1 Å². The molecule has 2 rings (SSSR count). The zero-order valence-electron chi connectivity index (χ0n) is 13.1. The first-order valence-corrected chi connectivity index (χ1v) is 7.07. The van der Waals surface area contributed by atoms with Gasteiger partial charge in [-0.05, 0) is 48.4 Å². The lowest BCUT2D eigenvalue weighted by atomic mass is 9.97. The molecule has 4 heteroatoms. The molecule has 0 saturated heterocycles. The SMILES string of the molecule is CCNCc1cc(OC)c(OC)cc1-c1cnccc1C. The van der Waals surface area contributed by atoms with E-state index in [1.165, 1.54) is 11.1 Å². The molecule has 0 fully saturated rings. The van der Waals surface area contributed by atoms with Crippen LogP contribution in [0, 0.1) is 6.92 Å². The summed E-state index contributed by atoms with van der Waals surface area (Å²) in [6.07, 6.45) is 3.70. The predicted molar refractivity (Wildman–Crippen MR) is 84.9 cm³/mol. The Hall–Kier alpha value is -2.07. The normalized spacial score (nSPS) is 10.5. The van der Waals surface area contributed by atoms with Gasteiger partial charge in [-0.15, -0.1) is 0 Å². The van der Waals surface area contributed by atoms with E-state index < -0.39 is 0 Å². The van der Waals surface area contributed by atoms with Gasteiger partial charge in [0.1, 0.15) is 0 Å². The molecule has 21 heavy (non-hydrogen) atoms. The molecule has 0 unspecified atom stereocenters. The summed E-state index contributed by atoms with van der Waals surface area (Å²) in [4.78, 5) is 4.25. The number of ether oxygens (including phenoxy) is 2. The first-order valence-electron chi connectivity index (χ1n) is 7.07. The lowest BCUT2D eigenvalue weighted by Crippen LogP contribution is -2.13. The lowest BCUT2D eigenvalue weighted by molar-refractivity contribution is 0.354.